The molecule has 0 fully saturated rings. The molecule has 11 heteroatoms. The minimum Gasteiger partial charge on any atom is -0.363 e. The Morgan fingerprint density at radius 3 is 2.47 bits per heavy atom. The molecule has 2 aliphatic rings. The highest BCUT2D eigenvalue weighted by atomic mass is 32.2. The minimum atomic E-state index is -3.99. The van der Waals surface area contributed by atoms with E-state index in [9.17, 15) is 18.0 Å². The monoisotopic (exact) mass is 426 g/mol. The van der Waals surface area contributed by atoms with Gasteiger partial charge in [0.2, 0.25) is 11.7 Å². The van der Waals surface area contributed by atoms with Crippen molar-refractivity contribution in [3.05, 3.63) is 60.2 Å². The summed E-state index contributed by atoms with van der Waals surface area (Å²) in [5, 5.41) is 5.38. The van der Waals surface area contributed by atoms with Crippen molar-refractivity contribution in [2.45, 2.75) is 17.9 Å². The Morgan fingerprint density at radius 1 is 1.10 bits per heavy atom. The average Bonchev–Trinajstić information content (AvgIpc) is 3.06. The number of nitrogens with zero attached hydrogens (tertiary/aromatic N) is 4. The summed E-state index contributed by atoms with van der Waals surface area (Å²) in [6, 6.07) is 15.2. The van der Waals surface area contributed by atoms with Gasteiger partial charge in [0.1, 0.15) is 11.4 Å². The number of carbonyl (C=O) groups excluding carboxylic acids is 2. The van der Waals surface area contributed by atoms with E-state index < -0.39 is 21.8 Å². The molecule has 4 rings (SSSR count). The third kappa shape index (κ3) is 3.39. The summed E-state index contributed by atoms with van der Waals surface area (Å²) >= 11 is 0. The fourth-order valence-electron chi connectivity index (χ4n) is 3.28. The Hall–Kier alpha value is -3.73. The van der Waals surface area contributed by atoms with Gasteiger partial charge in [0.05, 0.1) is 11.7 Å². The zero-order valence-electron chi connectivity index (χ0n) is 15.9. The van der Waals surface area contributed by atoms with Crippen molar-refractivity contribution < 1.29 is 18.0 Å². The molecule has 2 heterocycles. The molecule has 0 aromatic heterocycles. The summed E-state index contributed by atoms with van der Waals surface area (Å²) in [5.74, 6) is -1.84. The van der Waals surface area contributed by atoms with Crippen LogP contribution in [0.3, 0.4) is 0 Å². The Bertz CT molecular complexity index is 1190. The van der Waals surface area contributed by atoms with Gasteiger partial charge in [0, 0.05) is 0 Å². The second kappa shape index (κ2) is 7.26. The molecule has 0 bridgehead atoms. The van der Waals surface area contributed by atoms with Gasteiger partial charge in [0.25, 0.3) is 21.9 Å². The smallest absolute Gasteiger partial charge is 0.287 e. The van der Waals surface area contributed by atoms with Crippen LogP contribution in [-0.4, -0.2) is 43.6 Å². The highest BCUT2D eigenvalue weighted by Crippen LogP contribution is 2.35. The summed E-state index contributed by atoms with van der Waals surface area (Å²) < 4.78 is 28.5. The van der Waals surface area contributed by atoms with Crippen LogP contribution in [-0.2, 0) is 19.6 Å². The molecule has 0 aliphatic carbocycles. The molecule has 2 amide bonds. The summed E-state index contributed by atoms with van der Waals surface area (Å²) in [6.07, 6.45) is 0. The number of sulfonamides is 1. The zero-order chi connectivity index (χ0) is 21.5. The molecule has 2 aromatic rings. The van der Waals surface area contributed by atoms with Crippen LogP contribution in [0.1, 0.15) is 18.5 Å². The van der Waals surface area contributed by atoms with Gasteiger partial charge in [-0.3, -0.25) is 9.59 Å². The van der Waals surface area contributed by atoms with E-state index in [0.717, 1.165) is 5.56 Å². The Kier molecular flexibility index (Phi) is 4.74. The number of primary amides is 1. The number of hydrazine groups is 1. The number of nitrogens with two attached hydrogens (primary N) is 1. The number of fused-ring (bicyclic) bond motifs is 3. The molecule has 0 saturated carbocycles. The van der Waals surface area contributed by atoms with E-state index in [1.807, 2.05) is 37.3 Å². The van der Waals surface area contributed by atoms with Crippen LogP contribution in [0.25, 0.3) is 0 Å². The number of anilines is 1. The quantitative estimate of drug-likeness (QED) is 0.716. The lowest BCUT2D eigenvalue weighted by Gasteiger charge is -2.33. The number of amides is 2. The first-order chi connectivity index (χ1) is 14.3. The number of nitrogens with one attached hydrogen (secondary N) is 1. The first-order valence-electron chi connectivity index (χ1n) is 9.02. The molecule has 0 saturated heterocycles. The third-order valence-electron chi connectivity index (χ3n) is 4.65. The van der Waals surface area contributed by atoms with Crippen molar-refractivity contribution in [2.75, 3.05) is 11.6 Å². The van der Waals surface area contributed by atoms with Crippen LogP contribution < -0.4 is 16.1 Å². The van der Waals surface area contributed by atoms with E-state index in [1.54, 1.807) is 18.2 Å². The molecule has 0 radical (unpaired) electrons. The molecule has 0 spiro atoms. The number of hydrogen-bond donors (Lipinski definition) is 2. The normalized spacial score (nSPS) is 17.4. The second-order valence-corrected chi connectivity index (χ2v) is 8.28. The van der Waals surface area contributed by atoms with Gasteiger partial charge in [-0.2, -0.15) is 13.4 Å². The van der Waals surface area contributed by atoms with Crippen LogP contribution >= 0.6 is 0 Å². The lowest BCUT2D eigenvalue weighted by Crippen LogP contribution is -2.52. The number of para-hydroxylation sites is 1. The first kappa shape index (κ1) is 19.6. The summed E-state index contributed by atoms with van der Waals surface area (Å²) in [7, 11) is -3.99. The molecule has 10 nitrogen and oxygen atoms in total. The van der Waals surface area contributed by atoms with Gasteiger partial charge in [-0.1, -0.05) is 42.5 Å². The highest BCUT2D eigenvalue weighted by Gasteiger charge is 2.42. The van der Waals surface area contributed by atoms with E-state index in [0.29, 0.717) is 0 Å². The predicted octanol–water partition coefficient (Wildman–Crippen LogP) is 0.543. The molecule has 1 atom stereocenters. The molecule has 0 unspecified atom stereocenters. The van der Waals surface area contributed by atoms with Gasteiger partial charge in [-0.15, -0.1) is 4.40 Å². The Balaban J connectivity index is 1.64. The molecule has 3 N–H and O–H groups in total. The number of aliphatic imine (C=N–C) groups is 1. The number of carbonyl (C=O) groups is 2. The van der Waals surface area contributed by atoms with Gasteiger partial charge in [-0.25, -0.2) is 10.0 Å². The van der Waals surface area contributed by atoms with Gasteiger partial charge in [-0.05, 0) is 24.6 Å². The van der Waals surface area contributed by atoms with E-state index in [-0.39, 0.29) is 35.0 Å². The average molecular weight is 426 g/mol. The van der Waals surface area contributed by atoms with Crippen LogP contribution in [0, 0.1) is 0 Å². The second-order valence-electron chi connectivity index (χ2n) is 6.70. The van der Waals surface area contributed by atoms with Crippen LogP contribution in [0.4, 0.5) is 5.69 Å². The first-order valence-corrected chi connectivity index (χ1v) is 10.5. The largest absolute Gasteiger partial charge is 0.363 e. The van der Waals surface area contributed by atoms with Crippen molar-refractivity contribution in [3.8, 4) is 0 Å². The topological polar surface area (TPSA) is 138 Å². The van der Waals surface area contributed by atoms with E-state index in [2.05, 4.69) is 14.7 Å². The van der Waals surface area contributed by atoms with E-state index in [4.69, 9.17) is 5.73 Å². The summed E-state index contributed by atoms with van der Waals surface area (Å²) in [4.78, 5) is 28.6. The number of rotatable bonds is 5. The molecular weight excluding hydrogens is 408 g/mol. The minimum absolute atomic E-state index is 0.0577. The standard InChI is InChI=1S/C19H18N6O4S/c1-12(13-7-3-2-4-8-13)21-16(26)11-24-18(17(20)27)22-19-23-30(28,29)15-10-6-5-9-14(15)25(19)24/h2-10,12H,11H2,1H3,(H2,20,27)(H,21,26)/t12-/m1/s1. The SMILES string of the molecule is C[C@@H](NC(=O)CN1C(C(N)=O)=NC2=NS(=O)(=O)c3ccccc3N21)c1ccccc1. The summed E-state index contributed by atoms with van der Waals surface area (Å²) in [5.41, 5.74) is 6.56. The fourth-order valence-corrected chi connectivity index (χ4v) is 4.38. The maximum Gasteiger partial charge on any atom is 0.287 e. The Morgan fingerprint density at radius 2 is 1.77 bits per heavy atom. The van der Waals surface area contributed by atoms with Crippen molar-refractivity contribution in [1.29, 1.82) is 0 Å². The van der Waals surface area contributed by atoms with Crippen molar-refractivity contribution in [2.24, 2.45) is 15.1 Å². The molecule has 2 aliphatic heterocycles. The number of amidine groups is 1. The summed E-state index contributed by atoms with van der Waals surface area (Å²) in [6.45, 7) is 1.52. The van der Waals surface area contributed by atoms with Crippen molar-refractivity contribution in [3.63, 3.8) is 0 Å². The van der Waals surface area contributed by atoms with Crippen LogP contribution in [0.2, 0.25) is 0 Å². The maximum absolute atomic E-state index is 12.7. The molecule has 30 heavy (non-hydrogen) atoms. The highest BCUT2D eigenvalue weighted by molar-refractivity contribution is 7.90. The van der Waals surface area contributed by atoms with Crippen molar-refractivity contribution in [1.82, 2.24) is 10.3 Å². The molecule has 2 aromatic carbocycles. The predicted molar refractivity (Wildman–Crippen MR) is 110 cm³/mol. The fraction of sp³-hybridized carbons (Fsp3) is 0.158. The van der Waals surface area contributed by atoms with Crippen LogP contribution in [0.15, 0.2) is 68.9 Å². The van der Waals surface area contributed by atoms with Crippen molar-refractivity contribution >= 4 is 39.3 Å². The van der Waals surface area contributed by atoms with Gasteiger partial charge >= 0.3 is 0 Å². The van der Waals surface area contributed by atoms with E-state index in [1.165, 1.54) is 16.1 Å². The lowest BCUT2D eigenvalue weighted by molar-refractivity contribution is -0.122. The molecule has 154 valence electrons. The van der Waals surface area contributed by atoms with E-state index >= 15 is 0 Å². The number of hydrogen-bond acceptors (Lipinski definition) is 7. The third-order valence-corrected chi connectivity index (χ3v) is 5.95. The zero-order valence-corrected chi connectivity index (χ0v) is 16.7. The molecular formula is C19H18N6O4S. The van der Waals surface area contributed by atoms with Crippen LogP contribution in [0.5, 0.6) is 0 Å². The Labute approximate surface area is 172 Å². The number of guanidine groups is 1. The number of benzene rings is 2. The van der Waals surface area contributed by atoms with Gasteiger partial charge in [0.15, 0.2) is 0 Å². The maximum atomic E-state index is 12.7. The lowest BCUT2D eigenvalue weighted by atomic mass is 10.1. The van der Waals surface area contributed by atoms with Gasteiger partial charge < -0.3 is 11.1 Å².